The second kappa shape index (κ2) is 8.79. The lowest BCUT2D eigenvalue weighted by Crippen LogP contribution is -2.24. The van der Waals surface area contributed by atoms with Gasteiger partial charge in [0, 0.05) is 18.5 Å². The summed E-state index contributed by atoms with van der Waals surface area (Å²) in [4.78, 5) is 30.8. The number of rotatable bonds is 8. The molecule has 0 aliphatic heterocycles. The van der Waals surface area contributed by atoms with Crippen molar-refractivity contribution in [1.29, 1.82) is 0 Å². The Morgan fingerprint density at radius 3 is 2.93 bits per heavy atom. The van der Waals surface area contributed by atoms with Crippen molar-refractivity contribution in [2.75, 3.05) is 19.0 Å². The van der Waals surface area contributed by atoms with Crippen LogP contribution in [0.2, 0.25) is 0 Å². The van der Waals surface area contributed by atoms with Crippen LogP contribution in [0, 0.1) is 0 Å². The van der Waals surface area contributed by atoms with Gasteiger partial charge in [-0.05, 0) is 43.9 Å². The van der Waals surface area contributed by atoms with Crippen LogP contribution in [0.15, 0.2) is 29.4 Å². The molecule has 1 aliphatic rings. The van der Waals surface area contributed by atoms with Crippen molar-refractivity contribution in [3.63, 3.8) is 0 Å². The molecule has 2 heterocycles. The number of primary amides is 1. The van der Waals surface area contributed by atoms with E-state index in [1.54, 1.807) is 7.11 Å². The Labute approximate surface area is 183 Å². The summed E-state index contributed by atoms with van der Waals surface area (Å²) in [7, 11) is 1.66. The fourth-order valence-corrected chi connectivity index (χ4v) is 5.97. The summed E-state index contributed by atoms with van der Waals surface area (Å²) in [5, 5.41) is 3.86. The summed E-state index contributed by atoms with van der Waals surface area (Å²) < 4.78 is 7.31. The number of amides is 2. The van der Waals surface area contributed by atoms with E-state index in [0.717, 1.165) is 45.9 Å². The van der Waals surface area contributed by atoms with Crippen LogP contribution in [-0.2, 0) is 28.9 Å². The van der Waals surface area contributed by atoms with Crippen LogP contribution in [0.5, 0.6) is 0 Å². The molecule has 30 heavy (non-hydrogen) atoms. The van der Waals surface area contributed by atoms with Gasteiger partial charge in [0.15, 0.2) is 5.16 Å². The molecule has 0 fully saturated rings. The number of nitrogens with zero attached hydrogens (tertiary/aromatic N) is 2. The van der Waals surface area contributed by atoms with Gasteiger partial charge in [0.1, 0.15) is 5.00 Å². The second-order valence-electron chi connectivity index (χ2n) is 7.20. The summed E-state index contributed by atoms with van der Waals surface area (Å²) in [6.07, 6.45) is 2.80. The molecule has 2 aromatic heterocycles. The Morgan fingerprint density at radius 2 is 2.17 bits per heavy atom. The van der Waals surface area contributed by atoms with Gasteiger partial charge in [-0.15, -0.1) is 11.3 Å². The number of anilines is 1. The molecule has 0 bridgehead atoms. The van der Waals surface area contributed by atoms with Crippen molar-refractivity contribution in [2.24, 2.45) is 5.73 Å². The number of aryl methyl sites for hydroxylation is 1. The lowest BCUT2D eigenvalue weighted by molar-refractivity contribution is -0.115. The highest BCUT2D eigenvalue weighted by Crippen LogP contribution is 2.39. The molecule has 7 nitrogen and oxygen atoms in total. The molecule has 158 valence electrons. The number of nitrogens with one attached hydrogen (secondary N) is 1. The lowest BCUT2D eigenvalue weighted by atomic mass is 10.1. The summed E-state index contributed by atoms with van der Waals surface area (Å²) in [6, 6.07) is 7.89. The third kappa shape index (κ3) is 3.97. The predicted octanol–water partition coefficient (Wildman–Crippen LogP) is 3.45. The van der Waals surface area contributed by atoms with Crippen LogP contribution in [0.1, 0.15) is 34.1 Å². The number of aromatic nitrogens is 2. The molecule has 0 saturated heterocycles. The molecule has 0 unspecified atom stereocenters. The molecule has 0 spiro atoms. The van der Waals surface area contributed by atoms with Gasteiger partial charge in [-0.2, -0.15) is 0 Å². The maximum atomic E-state index is 12.9. The number of hydrogen-bond acceptors (Lipinski definition) is 6. The Bertz CT molecular complexity index is 1110. The van der Waals surface area contributed by atoms with Crippen LogP contribution in [0.4, 0.5) is 5.00 Å². The van der Waals surface area contributed by atoms with Crippen LogP contribution in [0.3, 0.4) is 0 Å². The largest absolute Gasteiger partial charge is 0.383 e. The summed E-state index contributed by atoms with van der Waals surface area (Å²) in [5.74, 6) is -0.654. The normalized spacial score (nSPS) is 14.1. The first kappa shape index (κ1) is 20.9. The maximum Gasteiger partial charge on any atom is 0.251 e. The zero-order valence-electron chi connectivity index (χ0n) is 16.9. The zero-order chi connectivity index (χ0) is 21.3. The van der Waals surface area contributed by atoms with E-state index in [-0.39, 0.29) is 5.91 Å². The van der Waals surface area contributed by atoms with E-state index < -0.39 is 11.2 Å². The van der Waals surface area contributed by atoms with Crippen LogP contribution in [0.25, 0.3) is 11.0 Å². The first-order chi connectivity index (χ1) is 14.5. The van der Waals surface area contributed by atoms with Crippen LogP contribution in [-0.4, -0.2) is 40.3 Å². The Hall–Kier alpha value is -2.36. The highest BCUT2D eigenvalue weighted by molar-refractivity contribution is 8.00. The number of nitrogens with two attached hydrogens (primary N) is 1. The minimum atomic E-state index is -0.480. The van der Waals surface area contributed by atoms with E-state index in [2.05, 4.69) is 9.88 Å². The van der Waals surface area contributed by atoms with Gasteiger partial charge in [0.25, 0.3) is 5.91 Å². The smallest absolute Gasteiger partial charge is 0.251 e. The number of hydrogen-bond donors (Lipinski definition) is 2. The molecule has 9 heteroatoms. The summed E-state index contributed by atoms with van der Waals surface area (Å²) >= 11 is 2.86. The average Bonchev–Trinajstić information content (AvgIpc) is 3.38. The molecular formula is C21H24N4O3S2. The number of carbonyl (C=O) groups excluding carboxylic acids is 2. The molecule has 1 aromatic carbocycles. The highest BCUT2D eigenvalue weighted by Gasteiger charge is 2.27. The number of ether oxygens (including phenoxy) is 1. The highest BCUT2D eigenvalue weighted by atomic mass is 32.2. The van der Waals surface area contributed by atoms with E-state index >= 15 is 0 Å². The molecule has 1 aliphatic carbocycles. The van der Waals surface area contributed by atoms with E-state index in [0.29, 0.717) is 23.7 Å². The standard InChI is InChI=1S/C21H24N4O3S2/c1-12(19(27)24-20-17(18(22)26)13-6-5-9-16(13)30-20)29-21-23-14-7-3-4-8-15(14)25(21)10-11-28-2/h3-4,7-8,12H,5-6,9-11H2,1-2H3,(H2,22,26)(H,24,27)/t12-/m1/s1. The Morgan fingerprint density at radius 1 is 1.37 bits per heavy atom. The van der Waals surface area contributed by atoms with Crippen molar-refractivity contribution in [3.8, 4) is 0 Å². The average molecular weight is 445 g/mol. The molecule has 0 radical (unpaired) electrons. The topological polar surface area (TPSA) is 99.2 Å². The van der Waals surface area contributed by atoms with Gasteiger partial charge in [-0.3, -0.25) is 9.59 Å². The van der Waals surface area contributed by atoms with E-state index in [1.807, 2.05) is 31.2 Å². The fraction of sp³-hybridized carbons (Fsp3) is 0.381. The fourth-order valence-electron chi connectivity index (χ4n) is 3.72. The molecule has 0 saturated carbocycles. The SMILES string of the molecule is COCCn1c(S[C@H](C)C(=O)Nc2sc3c(c2C(N)=O)CCC3)nc2ccccc21. The lowest BCUT2D eigenvalue weighted by Gasteiger charge is -2.13. The quantitative estimate of drug-likeness (QED) is 0.519. The molecule has 3 aromatic rings. The molecular weight excluding hydrogens is 420 g/mol. The molecule has 1 atom stereocenters. The maximum absolute atomic E-state index is 12.9. The predicted molar refractivity (Wildman–Crippen MR) is 120 cm³/mol. The second-order valence-corrected chi connectivity index (χ2v) is 9.62. The first-order valence-corrected chi connectivity index (χ1v) is 11.5. The number of thioether (sulfide) groups is 1. The van der Waals surface area contributed by atoms with Crippen molar-refractivity contribution in [3.05, 3.63) is 40.3 Å². The van der Waals surface area contributed by atoms with Gasteiger partial charge < -0.3 is 20.4 Å². The molecule has 4 rings (SSSR count). The van der Waals surface area contributed by atoms with Gasteiger partial charge in [-0.25, -0.2) is 4.98 Å². The third-order valence-corrected chi connectivity index (χ3v) is 7.49. The molecule has 2 amide bonds. The van der Waals surface area contributed by atoms with Gasteiger partial charge in [-0.1, -0.05) is 23.9 Å². The Balaban J connectivity index is 1.54. The summed E-state index contributed by atoms with van der Waals surface area (Å²) in [5.41, 5.74) is 8.98. The summed E-state index contributed by atoms with van der Waals surface area (Å²) in [6.45, 7) is 3.04. The monoisotopic (exact) mass is 444 g/mol. The number of para-hydroxylation sites is 2. The minimum absolute atomic E-state index is 0.173. The van der Waals surface area contributed by atoms with Gasteiger partial charge in [0.05, 0.1) is 28.5 Å². The third-order valence-electron chi connectivity index (χ3n) is 5.19. The number of carbonyl (C=O) groups is 2. The number of fused-ring (bicyclic) bond motifs is 2. The number of benzene rings is 1. The van der Waals surface area contributed by atoms with Gasteiger partial charge >= 0.3 is 0 Å². The number of methoxy groups -OCH3 is 1. The number of imidazole rings is 1. The van der Waals surface area contributed by atoms with E-state index in [1.165, 1.54) is 23.1 Å². The van der Waals surface area contributed by atoms with Crippen LogP contribution >= 0.6 is 23.1 Å². The number of thiophene rings is 1. The van der Waals surface area contributed by atoms with Crippen molar-refractivity contribution >= 4 is 50.9 Å². The van der Waals surface area contributed by atoms with Crippen molar-refractivity contribution in [2.45, 2.75) is 43.1 Å². The van der Waals surface area contributed by atoms with E-state index in [4.69, 9.17) is 15.5 Å². The molecule has 3 N–H and O–H groups in total. The van der Waals surface area contributed by atoms with Crippen LogP contribution < -0.4 is 11.1 Å². The van der Waals surface area contributed by atoms with Crippen molar-refractivity contribution < 1.29 is 14.3 Å². The minimum Gasteiger partial charge on any atom is -0.383 e. The van der Waals surface area contributed by atoms with E-state index in [9.17, 15) is 9.59 Å². The zero-order valence-corrected chi connectivity index (χ0v) is 18.6. The Kier molecular flexibility index (Phi) is 6.12. The first-order valence-electron chi connectivity index (χ1n) is 9.85. The van der Waals surface area contributed by atoms with Crippen molar-refractivity contribution in [1.82, 2.24) is 9.55 Å². The van der Waals surface area contributed by atoms with Gasteiger partial charge in [0.2, 0.25) is 5.91 Å².